The van der Waals surface area contributed by atoms with E-state index in [1.54, 1.807) is 0 Å². The van der Waals surface area contributed by atoms with Crippen molar-refractivity contribution in [2.45, 2.75) is 25.7 Å². The second kappa shape index (κ2) is 6.84. The topological polar surface area (TPSA) is 12.4 Å². The molecule has 0 saturated heterocycles. The molecular weight excluding hydrogens is 290 g/mol. The largest absolute Gasteiger partial charge is 0.256 e. The molecule has 3 aromatic rings. The van der Waals surface area contributed by atoms with Gasteiger partial charge >= 0.3 is 0 Å². The summed E-state index contributed by atoms with van der Waals surface area (Å²) in [7, 11) is 0. The summed E-state index contributed by atoms with van der Waals surface area (Å²) in [5.74, 6) is 0. The van der Waals surface area contributed by atoms with Crippen LogP contribution in [0.4, 0.5) is 5.69 Å². The minimum Gasteiger partial charge on any atom is -0.256 e. The molecule has 0 aliphatic heterocycles. The molecule has 0 saturated carbocycles. The minimum atomic E-state index is 1.00. The van der Waals surface area contributed by atoms with Gasteiger partial charge in [-0.1, -0.05) is 54.6 Å². The van der Waals surface area contributed by atoms with E-state index in [1.165, 1.54) is 27.8 Å². The number of para-hydroxylation sites is 1. The summed E-state index contributed by atoms with van der Waals surface area (Å²) in [4.78, 5) is 4.66. The second-order valence-electron chi connectivity index (χ2n) is 6.44. The van der Waals surface area contributed by atoms with E-state index in [0.717, 1.165) is 31.4 Å². The van der Waals surface area contributed by atoms with Gasteiger partial charge in [-0.2, -0.15) is 0 Å². The molecule has 0 atom stereocenters. The van der Waals surface area contributed by atoms with Gasteiger partial charge in [-0.15, -0.1) is 0 Å². The Balaban J connectivity index is 1.67. The van der Waals surface area contributed by atoms with Gasteiger partial charge < -0.3 is 0 Å². The first-order chi connectivity index (χ1) is 11.9. The fourth-order valence-electron chi connectivity index (χ4n) is 3.25. The Kier molecular flexibility index (Phi) is 4.24. The third-order valence-electron chi connectivity index (χ3n) is 4.73. The molecule has 4 bridgehead atoms. The fourth-order valence-corrected chi connectivity index (χ4v) is 3.25. The minimum absolute atomic E-state index is 1.00. The van der Waals surface area contributed by atoms with Crippen LogP contribution in [-0.2, 0) is 25.7 Å². The van der Waals surface area contributed by atoms with E-state index in [2.05, 4.69) is 47.5 Å². The normalized spacial score (nSPS) is 13.8. The first-order valence-corrected chi connectivity index (χ1v) is 8.65. The lowest BCUT2D eigenvalue weighted by atomic mass is 9.94. The van der Waals surface area contributed by atoms with Crippen LogP contribution in [0.25, 0.3) is 0 Å². The maximum atomic E-state index is 4.66. The Morgan fingerprint density at radius 2 is 1.25 bits per heavy atom. The highest BCUT2D eigenvalue weighted by molar-refractivity contribution is 5.84. The molecule has 0 unspecified atom stereocenters. The van der Waals surface area contributed by atoms with Gasteiger partial charge in [0.15, 0.2) is 0 Å². The molecule has 1 nitrogen and oxygen atoms in total. The molecule has 0 heterocycles. The summed E-state index contributed by atoms with van der Waals surface area (Å²) < 4.78 is 0. The summed E-state index contributed by atoms with van der Waals surface area (Å²) >= 11 is 0. The van der Waals surface area contributed by atoms with E-state index < -0.39 is 0 Å². The predicted molar refractivity (Wildman–Crippen MR) is 101 cm³/mol. The van der Waals surface area contributed by atoms with Crippen molar-refractivity contribution in [3.8, 4) is 0 Å². The van der Waals surface area contributed by atoms with E-state index in [1.807, 2.05) is 36.5 Å². The van der Waals surface area contributed by atoms with E-state index >= 15 is 0 Å². The number of aliphatic imine (C=N–C) groups is 1. The average molecular weight is 311 g/mol. The molecule has 0 N–H and O–H groups in total. The van der Waals surface area contributed by atoms with Crippen LogP contribution < -0.4 is 0 Å². The summed E-state index contributed by atoms with van der Waals surface area (Å²) in [5.41, 5.74) is 7.86. The molecule has 0 fully saturated rings. The zero-order valence-electron chi connectivity index (χ0n) is 13.8. The SMILES string of the molecule is C(=Nc1ccccc1)c1cc2ccc1CCc1ccc(cc1)CC2. The van der Waals surface area contributed by atoms with E-state index in [4.69, 9.17) is 0 Å². The Morgan fingerprint density at radius 3 is 2.00 bits per heavy atom. The smallest absolute Gasteiger partial charge is 0.0629 e. The molecule has 0 radical (unpaired) electrons. The maximum Gasteiger partial charge on any atom is 0.0629 e. The number of hydrogen-bond acceptors (Lipinski definition) is 1. The fraction of sp³-hybridized carbons (Fsp3) is 0.174. The van der Waals surface area contributed by atoms with Gasteiger partial charge in [-0.05, 0) is 71.7 Å². The Bertz CT molecular complexity index is 845. The standard InChI is InChI=1S/C23H21N/c1-2-4-23(5-3-1)24-17-22-16-20-11-10-18-6-8-19(9-7-18)12-14-21(22)15-13-20/h1-9,13,15-17H,10-12,14H2. The lowest BCUT2D eigenvalue weighted by molar-refractivity contribution is 0.920. The Morgan fingerprint density at radius 1 is 0.625 bits per heavy atom. The molecule has 118 valence electrons. The Labute approximate surface area is 143 Å². The Hall–Kier alpha value is -2.67. The van der Waals surface area contributed by atoms with Crippen LogP contribution in [-0.4, -0.2) is 6.21 Å². The van der Waals surface area contributed by atoms with Crippen molar-refractivity contribution >= 4 is 11.9 Å². The summed E-state index contributed by atoms with van der Waals surface area (Å²) in [5, 5.41) is 0. The van der Waals surface area contributed by atoms with Crippen LogP contribution in [0.5, 0.6) is 0 Å². The highest BCUT2D eigenvalue weighted by Gasteiger charge is 2.06. The van der Waals surface area contributed by atoms with Crippen molar-refractivity contribution in [1.82, 2.24) is 0 Å². The molecule has 24 heavy (non-hydrogen) atoms. The number of nitrogens with zero attached hydrogens (tertiary/aromatic N) is 1. The zero-order chi connectivity index (χ0) is 16.2. The van der Waals surface area contributed by atoms with Crippen LogP contribution in [0, 0.1) is 0 Å². The summed E-state index contributed by atoms with van der Waals surface area (Å²) in [6.45, 7) is 0. The quantitative estimate of drug-likeness (QED) is 0.568. The third kappa shape index (κ3) is 3.46. The van der Waals surface area contributed by atoms with E-state index in [-0.39, 0.29) is 0 Å². The van der Waals surface area contributed by atoms with Gasteiger partial charge in [0, 0.05) is 6.21 Å². The number of benzene rings is 3. The maximum absolute atomic E-state index is 4.66. The lowest BCUT2D eigenvalue weighted by Crippen LogP contribution is -2.01. The van der Waals surface area contributed by atoms with Crippen molar-refractivity contribution in [2.24, 2.45) is 4.99 Å². The highest BCUT2D eigenvalue weighted by atomic mass is 14.7. The van der Waals surface area contributed by atoms with E-state index in [0.29, 0.717) is 0 Å². The van der Waals surface area contributed by atoms with Crippen molar-refractivity contribution in [2.75, 3.05) is 0 Å². The molecule has 7 rings (SSSR count). The second-order valence-corrected chi connectivity index (χ2v) is 6.44. The van der Waals surface area contributed by atoms with Gasteiger partial charge in [0.05, 0.1) is 5.69 Å². The molecule has 4 aliphatic rings. The molecule has 4 aliphatic carbocycles. The van der Waals surface area contributed by atoms with Crippen LogP contribution in [0.15, 0.2) is 77.8 Å². The average Bonchev–Trinajstić information content (AvgIpc) is 2.63. The summed E-state index contributed by atoms with van der Waals surface area (Å²) in [6, 6.07) is 26.2. The zero-order valence-corrected chi connectivity index (χ0v) is 13.8. The van der Waals surface area contributed by atoms with Gasteiger partial charge in [0.1, 0.15) is 0 Å². The molecular formula is C23H21N. The molecule has 3 aromatic carbocycles. The van der Waals surface area contributed by atoms with Crippen molar-refractivity contribution in [3.05, 3.63) is 101 Å². The van der Waals surface area contributed by atoms with Crippen molar-refractivity contribution in [1.29, 1.82) is 0 Å². The molecule has 0 aromatic heterocycles. The van der Waals surface area contributed by atoms with Crippen LogP contribution in [0.2, 0.25) is 0 Å². The van der Waals surface area contributed by atoms with Crippen LogP contribution >= 0.6 is 0 Å². The molecule has 0 amide bonds. The van der Waals surface area contributed by atoms with Gasteiger partial charge in [-0.3, -0.25) is 4.99 Å². The predicted octanol–water partition coefficient (Wildman–Crippen LogP) is 5.32. The first-order valence-electron chi connectivity index (χ1n) is 8.65. The van der Waals surface area contributed by atoms with Crippen molar-refractivity contribution in [3.63, 3.8) is 0 Å². The number of hydrogen-bond donors (Lipinski definition) is 0. The van der Waals surface area contributed by atoms with Gasteiger partial charge in [0.2, 0.25) is 0 Å². The van der Waals surface area contributed by atoms with Gasteiger partial charge in [-0.25, -0.2) is 0 Å². The van der Waals surface area contributed by atoms with Crippen LogP contribution in [0.3, 0.4) is 0 Å². The van der Waals surface area contributed by atoms with E-state index in [9.17, 15) is 0 Å². The summed E-state index contributed by atoms with van der Waals surface area (Å²) in [6.07, 6.45) is 6.32. The van der Waals surface area contributed by atoms with Crippen LogP contribution in [0.1, 0.15) is 27.8 Å². The van der Waals surface area contributed by atoms with Gasteiger partial charge in [0.25, 0.3) is 0 Å². The molecule has 1 heteroatoms. The monoisotopic (exact) mass is 311 g/mol. The first kappa shape index (κ1) is 14.9. The van der Waals surface area contributed by atoms with Crippen molar-refractivity contribution < 1.29 is 0 Å². The molecule has 0 spiro atoms. The highest BCUT2D eigenvalue weighted by Crippen LogP contribution is 2.19. The number of aryl methyl sites for hydroxylation is 4. The number of rotatable bonds is 2. The lowest BCUT2D eigenvalue weighted by Gasteiger charge is -2.12. The third-order valence-corrected chi connectivity index (χ3v) is 4.73.